The summed E-state index contributed by atoms with van der Waals surface area (Å²) in [5.74, 6) is -3.19. The summed E-state index contributed by atoms with van der Waals surface area (Å²) in [4.78, 5) is 22.2. The van der Waals surface area contributed by atoms with Crippen LogP contribution in [0.5, 0.6) is 0 Å². The third kappa shape index (κ3) is 5.13. The van der Waals surface area contributed by atoms with Crippen molar-refractivity contribution in [2.24, 2.45) is 0 Å². The molecular formula is C13H11F3O4. The predicted molar refractivity (Wildman–Crippen MR) is 63.8 cm³/mol. The topological polar surface area (TPSA) is 63.6 Å². The van der Waals surface area contributed by atoms with E-state index in [2.05, 4.69) is 4.74 Å². The molecule has 0 spiro atoms. The third-order valence-corrected chi connectivity index (χ3v) is 2.21. The SMILES string of the molecule is Cc1ccc(/C=C(\C(=O)O)C(=O)OCC(F)(F)F)cc1. The van der Waals surface area contributed by atoms with Gasteiger partial charge in [0.25, 0.3) is 0 Å². The van der Waals surface area contributed by atoms with Gasteiger partial charge < -0.3 is 9.84 Å². The fourth-order valence-corrected chi connectivity index (χ4v) is 1.26. The Kier molecular flexibility index (Phi) is 4.90. The maximum absolute atomic E-state index is 11.9. The largest absolute Gasteiger partial charge is 0.477 e. The van der Waals surface area contributed by atoms with Crippen LogP contribution in [0, 0.1) is 6.92 Å². The summed E-state index contributed by atoms with van der Waals surface area (Å²) in [6.07, 6.45) is -3.75. The normalized spacial score (nSPS) is 12.1. The molecule has 0 unspecified atom stereocenters. The van der Waals surface area contributed by atoms with E-state index in [0.29, 0.717) is 5.56 Å². The van der Waals surface area contributed by atoms with E-state index in [4.69, 9.17) is 5.11 Å². The van der Waals surface area contributed by atoms with Gasteiger partial charge in [0.05, 0.1) is 0 Å². The Labute approximate surface area is 112 Å². The molecule has 108 valence electrons. The number of ether oxygens (including phenoxy) is 1. The molecular weight excluding hydrogens is 277 g/mol. The summed E-state index contributed by atoms with van der Waals surface area (Å²) in [7, 11) is 0. The zero-order chi connectivity index (χ0) is 15.3. The molecule has 0 bridgehead atoms. The van der Waals surface area contributed by atoms with Crippen molar-refractivity contribution >= 4 is 18.0 Å². The lowest BCUT2D eigenvalue weighted by atomic mass is 10.1. The zero-order valence-electron chi connectivity index (χ0n) is 10.4. The number of benzene rings is 1. The first kappa shape index (κ1) is 15.7. The minimum absolute atomic E-state index is 0.372. The lowest BCUT2D eigenvalue weighted by Crippen LogP contribution is -2.23. The van der Waals surface area contributed by atoms with Gasteiger partial charge in [-0.2, -0.15) is 13.2 Å². The molecule has 0 radical (unpaired) electrons. The van der Waals surface area contributed by atoms with Crippen molar-refractivity contribution in [1.29, 1.82) is 0 Å². The fraction of sp³-hybridized carbons (Fsp3) is 0.231. The van der Waals surface area contributed by atoms with Gasteiger partial charge in [-0.25, -0.2) is 9.59 Å². The molecule has 1 aromatic rings. The number of hydrogen-bond donors (Lipinski definition) is 1. The van der Waals surface area contributed by atoms with Gasteiger partial charge >= 0.3 is 18.1 Å². The highest BCUT2D eigenvalue weighted by Gasteiger charge is 2.31. The number of halogens is 3. The quantitative estimate of drug-likeness (QED) is 0.400. The molecule has 0 aliphatic carbocycles. The van der Waals surface area contributed by atoms with Crippen molar-refractivity contribution in [3.05, 3.63) is 41.0 Å². The number of carboxylic acids is 1. The van der Waals surface area contributed by atoms with Crippen molar-refractivity contribution in [2.75, 3.05) is 6.61 Å². The van der Waals surface area contributed by atoms with Gasteiger partial charge in [0.2, 0.25) is 0 Å². The molecule has 0 atom stereocenters. The van der Waals surface area contributed by atoms with Crippen LogP contribution < -0.4 is 0 Å². The van der Waals surface area contributed by atoms with Crippen molar-refractivity contribution in [2.45, 2.75) is 13.1 Å². The molecule has 7 heteroatoms. The van der Waals surface area contributed by atoms with Gasteiger partial charge in [-0.1, -0.05) is 29.8 Å². The van der Waals surface area contributed by atoms with E-state index in [1.165, 1.54) is 12.1 Å². The van der Waals surface area contributed by atoms with Crippen molar-refractivity contribution < 1.29 is 32.6 Å². The van der Waals surface area contributed by atoms with Crippen LogP contribution in [0.4, 0.5) is 13.2 Å². The molecule has 1 aromatic carbocycles. The maximum atomic E-state index is 11.9. The molecule has 0 aliphatic rings. The van der Waals surface area contributed by atoms with Gasteiger partial charge in [-0.15, -0.1) is 0 Å². The highest BCUT2D eigenvalue weighted by molar-refractivity contribution is 6.17. The zero-order valence-corrected chi connectivity index (χ0v) is 10.4. The average Bonchev–Trinajstić information content (AvgIpc) is 2.34. The summed E-state index contributed by atoms with van der Waals surface area (Å²) in [5.41, 5.74) is 0.425. The van der Waals surface area contributed by atoms with E-state index >= 15 is 0 Å². The Balaban J connectivity index is 2.91. The minimum atomic E-state index is -4.71. The summed E-state index contributed by atoms with van der Waals surface area (Å²) in [6.45, 7) is -0.0203. The number of carboxylic acid groups (broad SMARTS) is 1. The Bertz CT molecular complexity index is 530. The monoisotopic (exact) mass is 288 g/mol. The van der Waals surface area contributed by atoms with Gasteiger partial charge in [-0.3, -0.25) is 0 Å². The summed E-state index contributed by atoms with van der Waals surface area (Å²) in [6, 6.07) is 6.42. The Morgan fingerprint density at radius 1 is 1.25 bits per heavy atom. The van der Waals surface area contributed by atoms with E-state index in [0.717, 1.165) is 11.6 Å². The highest BCUT2D eigenvalue weighted by Crippen LogP contribution is 2.16. The molecule has 0 amide bonds. The van der Waals surface area contributed by atoms with Crippen LogP contribution in [0.3, 0.4) is 0 Å². The number of esters is 1. The summed E-state index contributed by atoms with van der Waals surface area (Å²) >= 11 is 0. The first-order valence-electron chi connectivity index (χ1n) is 5.44. The van der Waals surface area contributed by atoms with Crippen LogP contribution in [0.15, 0.2) is 29.8 Å². The summed E-state index contributed by atoms with van der Waals surface area (Å²) < 4.78 is 39.6. The molecule has 0 saturated carbocycles. The van der Waals surface area contributed by atoms with Crippen LogP contribution in [0.1, 0.15) is 11.1 Å². The van der Waals surface area contributed by atoms with E-state index < -0.39 is 30.3 Å². The van der Waals surface area contributed by atoms with E-state index in [-0.39, 0.29) is 0 Å². The standard InChI is InChI=1S/C13H11F3O4/c1-8-2-4-9(5-3-8)6-10(11(17)18)12(19)20-7-13(14,15)16/h2-6H,7H2,1H3,(H,17,18)/b10-6+. The molecule has 4 nitrogen and oxygen atoms in total. The smallest absolute Gasteiger partial charge is 0.422 e. The first-order valence-corrected chi connectivity index (χ1v) is 5.44. The molecule has 0 heterocycles. The molecule has 0 saturated heterocycles. The van der Waals surface area contributed by atoms with Gasteiger partial charge in [0.1, 0.15) is 5.57 Å². The van der Waals surface area contributed by atoms with Gasteiger partial charge in [0.15, 0.2) is 6.61 Å². The fourth-order valence-electron chi connectivity index (χ4n) is 1.26. The third-order valence-electron chi connectivity index (χ3n) is 2.21. The first-order chi connectivity index (χ1) is 9.19. The van der Waals surface area contributed by atoms with Crippen LogP contribution in [-0.2, 0) is 14.3 Å². The number of hydrogen-bond acceptors (Lipinski definition) is 3. The Morgan fingerprint density at radius 3 is 2.25 bits per heavy atom. The van der Waals surface area contributed by atoms with E-state index in [1.807, 2.05) is 6.92 Å². The second kappa shape index (κ2) is 6.23. The van der Waals surface area contributed by atoms with Crippen LogP contribution >= 0.6 is 0 Å². The van der Waals surface area contributed by atoms with Crippen molar-refractivity contribution in [1.82, 2.24) is 0 Å². The molecule has 1 rings (SSSR count). The number of carbonyl (C=O) groups excluding carboxylic acids is 1. The molecule has 0 aromatic heterocycles. The Morgan fingerprint density at radius 2 is 1.80 bits per heavy atom. The van der Waals surface area contributed by atoms with E-state index in [9.17, 15) is 22.8 Å². The molecule has 0 aliphatic heterocycles. The number of rotatable bonds is 4. The number of aryl methyl sites for hydroxylation is 1. The Hall–Kier alpha value is -2.31. The van der Waals surface area contributed by atoms with Crippen LogP contribution in [-0.4, -0.2) is 29.8 Å². The van der Waals surface area contributed by atoms with E-state index in [1.54, 1.807) is 12.1 Å². The van der Waals surface area contributed by atoms with Crippen molar-refractivity contribution in [3.8, 4) is 0 Å². The van der Waals surface area contributed by atoms with Crippen LogP contribution in [0.25, 0.3) is 6.08 Å². The minimum Gasteiger partial charge on any atom is -0.477 e. The summed E-state index contributed by atoms with van der Waals surface area (Å²) in [5, 5.41) is 8.84. The highest BCUT2D eigenvalue weighted by atomic mass is 19.4. The van der Waals surface area contributed by atoms with Crippen molar-refractivity contribution in [3.63, 3.8) is 0 Å². The van der Waals surface area contributed by atoms with Gasteiger partial charge in [-0.05, 0) is 18.6 Å². The molecule has 0 fully saturated rings. The average molecular weight is 288 g/mol. The lowest BCUT2D eigenvalue weighted by Gasteiger charge is -2.08. The lowest BCUT2D eigenvalue weighted by molar-refractivity contribution is -0.184. The number of carbonyl (C=O) groups is 2. The maximum Gasteiger partial charge on any atom is 0.422 e. The number of aliphatic carboxylic acids is 1. The molecule has 1 N–H and O–H groups in total. The number of alkyl halides is 3. The molecule has 20 heavy (non-hydrogen) atoms. The predicted octanol–water partition coefficient (Wildman–Crippen LogP) is 2.57. The second-order valence-corrected chi connectivity index (χ2v) is 3.97. The van der Waals surface area contributed by atoms with Crippen LogP contribution in [0.2, 0.25) is 0 Å². The van der Waals surface area contributed by atoms with Gasteiger partial charge in [0, 0.05) is 0 Å². The second-order valence-electron chi connectivity index (χ2n) is 3.97.